The summed E-state index contributed by atoms with van der Waals surface area (Å²) in [6.07, 6.45) is 1.59. The molecule has 0 aliphatic carbocycles. The molecule has 0 radical (unpaired) electrons. The maximum absolute atomic E-state index is 12.5. The van der Waals surface area contributed by atoms with E-state index < -0.39 is 0 Å². The molecule has 0 spiro atoms. The Balaban J connectivity index is 1.46. The van der Waals surface area contributed by atoms with Crippen LogP contribution in [0.25, 0.3) is 0 Å². The first-order valence-electron chi connectivity index (χ1n) is 8.67. The average molecular weight is 364 g/mol. The highest BCUT2D eigenvalue weighted by Gasteiger charge is 2.29. The zero-order valence-electron chi connectivity index (χ0n) is 14.2. The topological polar surface area (TPSA) is 86.9 Å². The van der Waals surface area contributed by atoms with Crippen LogP contribution in [0.5, 0.6) is 0 Å². The fourth-order valence-electron chi connectivity index (χ4n) is 3.39. The Morgan fingerprint density at radius 3 is 2.52 bits per heavy atom. The lowest BCUT2D eigenvalue weighted by atomic mass is 9.97. The van der Waals surface area contributed by atoms with Gasteiger partial charge in [0.25, 0.3) is 5.91 Å². The molecule has 0 aromatic carbocycles. The molecule has 0 saturated carbocycles. The van der Waals surface area contributed by atoms with Gasteiger partial charge in [-0.25, -0.2) is 0 Å². The van der Waals surface area contributed by atoms with E-state index >= 15 is 0 Å². The minimum atomic E-state index is -0.321. The molecule has 1 unspecified atom stereocenters. The molecule has 136 valence electrons. The van der Waals surface area contributed by atoms with Gasteiger partial charge in [0.2, 0.25) is 11.8 Å². The Hall–Kier alpha value is -1.93. The van der Waals surface area contributed by atoms with Crippen molar-refractivity contribution in [2.24, 2.45) is 11.7 Å². The highest BCUT2D eigenvalue weighted by atomic mass is 32.1. The normalized spacial score (nSPS) is 22.0. The maximum atomic E-state index is 12.5. The summed E-state index contributed by atoms with van der Waals surface area (Å²) in [4.78, 5) is 42.6. The van der Waals surface area contributed by atoms with Gasteiger partial charge in [0, 0.05) is 39.3 Å². The Morgan fingerprint density at radius 1 is 1.12 bits per heavy atom. The smallest absolute Gasteiger partial charge is 0.264 e. The second-order valence-electron chi connectivity index (χ2n) is 6.63. The SMILES string of the molecule is NC(=O)C1CCCN(C(=O)CN2CCN(C(=O)c3cccs3)CC2)C1. The Kier molecular flexibility index (Phi) is 5.70. The number of amides is 3. The largest absolute Gasteiger partial charge is 0.369 e. The van der Waals surface area contributed by atoms with Crippen LogP contribution in [-0.2, 0) is 9.59 Å². The summed E-state index contributed by atoms with van der Waals surface area (Å²) in [6.45, 7) is 4.12. The Labute approximate surface area is 151 Å². The summed E-state index contributed by atoms with van der Waals surface area (Å²) in [5, 5.41) is 1.90. The van der Waals surface area contributed by atoms with Gasteiger partial charge in [-0.3, -0.25) is 19.3 Å². The second-order valence-corrected chi connectivity index (χ2v) is 7.57. The molecule has 2 aliphatic rings. The van der Waals surface area contributed by atoms with Crippen LogP contribution in [0.1, 0.15) is 22.5 Å². The standard InChI is InChI=1S/C17H24N4O3S/c18-16(23)13-3-1-5-21(11-13)15(22)12-19-6-8-20(9-7-19)17(24)14-4-2-10-25-14/h2,4,10,13H,1,3,5-9,11-12H2,(H2,18,23). The van der Waals surface area contributed by atoms with Crippen LogP contribution in [-0.4, -0.2) is 78.2 Å². The third-order valence-corrected chi connectivity index (χ3v) is 5.78. The first-order valence-corrected chi connectivity index (χ1v) is 9.55. The zero-order chi connectivity index (χ0) is 17.8. The lowest BCUT2D eigenvalue weighted by Crippen LogP contribution is -2.53. The summed E-state index contributed by atoms with van der Waals surface area (Å²) >= 11 is 1.45. The molecule has 3 rings (SSSR count). The van der Waals surface area contributed by atoms with Crippen LogP contribution < -0.4 is 5.73 Å². The molecule has 2 aliphatic heterocycles. The number of carbonyl (C=O) groups is 3. The van der Waals surface area contributed by atoms with Crippen LogP contribution in [0.15, 0.2) is 17.5 Å². The molecule has 1 aromatic heterocycles. The van der Waals surface area contributed by atoms with Crippen LogP contribution in [0.3, 0.4) is 0 Å². The van der Waals surface area contributed by atoms with Crippen LogP contribution in [0, 0.1) is 5.92 Å². The van der Waals surface area contributed by atoms with Crippen LogP contribution in [0.2, 0.25) is 0 Å². The van der Waals surface area contributed by atoms with E-state index in [1.54, 1.807) is 4.90 Å². The summed E-state index contributed by atoms with van der Waals surface area (Å²) in [5.41, 5.74) is 5.37. The number of carbonyl (C=O) groups excluding carboxylic acids is 3. The van der Waals surface area contributed by atoms with Gasteiger partial charge in [0.05, 0.1) is 17.3 Å². The average Bonchev–Trinajstić information content (AvgIpc) is 3.16. The zero-order valence-corrected chi connectivity index (χ0v) is 15.0. The van der Waals surface area contributed by atoms with E-state index in [9.17, 15) is 14.4 Å². The van der Waals surface area contributed by atoms with E-state index in [0.717, 1.165) is 17.7 Å². The van der Waals surface area contributed by atoms with Crippen molar-refractivity contribution < 1.29 is 14.4 Å². The highest BCUT2D eigenvalue weighted by molar-refractivity contribution is 7.12. The first-order chi connectivity index (χ1) is 12.0. The molecule has 2 N–H and O–H groups in total. The number of nitrogens with zero attached hydrogens (tertiary/aromatic N) is 3. The number of piperazine rings is 1. The van der Waals surface area contributed by atoms with Gasteiger partial charge >= 0.3 is 0 Å². The van der Waals surface area contributed by atoms with E-state index in [4.69, 9.17) is 5.73 Å². The van der Waals surface area contributed by atoms with Crippen LogP contribution >= 0.6 is 11.3 Å². The third-order valence-electron chi connectivity index (χ3n) is 4.93. The quantitative estimate of drug-likeness (QED) is 0.829. The number of nitrogens with two attached hydrogens (primary N) is 1. The number of likely N-dealkylation sites (tertiary alicyclic amines) is 1. The van der Waals surface area contributed by atoms with Crippen molar-refractivity contribution in [2.75, 3.05) is 45.8 Å². The predicted octanol–water partition coefficient (Wildman–Crippen LogP) is 0.230. The van der Waals surface area contributed by atoms with Gasteiger partial charge in [-0.2, -0.15) is 0 Å². The number of rotatable bonds is 4. The molecule has 8 heteroatoms. The summed E-state index contributed by atoms with van der Waals surface area (Å²) in [6, 6.07) is 3.72. The number of hydrogen-bond donors (Lipinski definition) is 1. The fourth-order valence-corrected chi connectivity index (χ4v) is 4.08. The van der Waals surface area contributed by atoms with Crippen molar-refractivity contribution in [3.8, 4) is 0 Å². The predicted molar refractivity (Wildman–Crippen MR) is 95.2 cm³/mol. The van der Waals surface area contributed by atoms with Crippen molar-refractivity contribution in [3.05, 3.63) is 22.4 Å². The van der Waals surface area contributed by atoms with Crippen molar-refractivity contribution in [1.82, 2.24) is 14.7 Å². The minimum Gasteiger partial charge on any atom is -0.369 e. The second kappa shape index (κ2) is 7.97. The van der Waals surface area contributed by atoms with Crippen LogP contribution in [0.4, 0.5) is 0 Å². The fraction of sp³-hybridized carbons (Fsp3) is 0.588. The van der Waals surface area contributed by atoms with Gasteiger partial charge in [-0.1, -0.05) is 6.07 Å². The van der Waals surface area contributed by atoms with Gasteiger partial charge in [0.1, 0.15) is 0 Å². The number of primary amides is 1. The summed E-state index contributed by atoms with van der Waals surface area (Å²) in [5.74, 6) is -0.429. The molecule has 3 amide bonds. The van der Waals surface area contributed by atoms with E-state index in [2.05, 4.69) is 4.90 Å². The molecule has 1 atom stereocenters. The molecular weight excluding hydrogens is 340 g/mol. The molecule has 25 heavy (non-hydrogen) atoms. The number of piperidine rings is 1. The Bertz CT molecular complexity index is 626. The molecular formula is C17H24N4O3S. The molecule has 1 aromatic rings. The van der Waals surface area contributed by atoms with Crippen molar-refractivity contribution in [2.45, 2.75) is 12.8 Å². The van der Waals surface area contributed by atoms with Gasteiger partial charge in [-0.05, 0) is 24.3 Å². The third kappa shape index (κ3) is 4.38. The van der Waals surface area contributed by atoms with E-state index in [-0.39, 0.29) is 23.6 Å². The number of thiophene rings is 1. The first kappa shape index (κ1) is 17.9. The molecule has 0 bridgehead atoms. The van der Waals surface area contributed by atoms with E-state index in [0.29, 0.717) is 45.8 Å². The monoisotopic (exact) mass is 364 g/mol. The van der Waals surface area contributed by atoms with Crippen molar-refractivity contribution in [3.63, 3.8) is 0 Å². The molecule has 3 heterocycles. The van der Waals surface area contributed by atoms with Gasteiger partial charge in [0.15, 0.2) is 0 Å². The molecule has 2 fully saturated rings. The van der Waals surface area contributed by atoms with E-state index in [1.807, 2.05) is 22.4 Å². The lowest BCUT2D eigenvalue weighted by Gasteiger charge is -2.36. The van der Waals surface area contributed by atoms with Gasteiger partial charge in [-0.15, -0.1) is 11.3 Å². The van der Waals surface area contributed by atoms with Crippen molar-refractivity contribution >= 4 is 29.1 Å². The maximum Gasteiger partial charge on any atom is 0.264 e. The minimum absolute atomic E-state index is 0.0454. The lowest BCUT2D eigenvalue weighted by molar-refractivity contribution is -0.136. The summed E-state index contributed by atoms with van der Waals surface area (Å²) < 4.78 is 0. The van der Waals surface area contributed by atoms with E-state index in [1.165, 1.54) is 11.3 Å². The van der Waals surface area contributed by atoms with Gasteiger partial charge < -0.3 is 15.5 Å². The van der Waals surface area contributed by atoms with Crippen molar-refractivity contribution in [1.29, 1.82) is 0 Å². The number of hydrogen-bond acceptors (Lipinski definition) is 5. The highest BCUT2D eigenvalue weighted by Crippen LogP contribution is 2.17. The molecule has 2 saturated heterocycles. The summed E-state index contributed by atoms with van der Waals surface area (Å²) in [7, 11) is 0. The molecule has 7 nitrogen and oxygen atoms in total. The Morgan fingerprint density at radius 2 is 1.88 bits per heavy atom.